The summed E-state index contributed by atoms with van der Waals surface area (Å²) in [6.45, 7) is 5.59. The fourth-order valence-electron chi connectivity index (χ4n) is 3.70. The minimum Gasteiger partial charge on any atom is -0.314 e. The summed E-state index contributed by atoms with van der Waals surface area (Å²) >= 11 is 0. The fraction of sp³-hybridized carbons (Fsp3) is 0.722. The molecule has 1 unspecified atom stereocenters. The van der Waals surface area contributed by atoms with Gasteiger partial charge in [-0.15, -0.1) is 0 Å². The van der Waals surface area contributed by atoms with E-state index < -0.39 is 0 Å². The first kappa shape index (κ1) is 15.5. The van der Waals surface area contributed by atoms with Gasteiger partial charge in [0.05, 0.1) is 0 Å². The zero-order valence-corrected chi connectivity index (χ0v) is 13.1. The normalized spacial score (nSPS) is 24.5. The molecule has 0 saturated heterocycles. The Morgan fingerprint density at radius 2 is 2.00 bits per heavy atom. The third kappa shape index (κ3) is 4.59. The molecule has 1 aromatic rings. The molecule has 1 atom stereocenters. The molecule has 0 bridgehead atoms. The molecule has 1 heterocycles. The van der Waals surface area contributed by atoms with Crippen molar-refractivity contribution in [3.05, 3.63) is 30.1 Å². The predicted octanol–water partition coefficient (Wildman–Crippen LogP) is 4.21. The van der Waals surface area contributed by atoms with Crippen molar-refractivity contribution in [3.63, 3.8) is 0 Å². The fourth-order valence-corrected chi connectivity index (χ4v) is 3.70. The molecular formula is C18H30N2. The maximum atomic E-state index is 4.50. The van der Waals surface area contributed by atoms with Crippen LogP contribution in [0.5, 0.6) is 0 Å². The van der Waals surface area contributed by atoms with Gasteiger partial charge in [-0.25, -0.2) is 0 Å². The van der Waals surface area contributed by atoms with E-state index in [2.05, 4.69) is 36.3 Å². The minimum atomic E-state index is 0.609. The van der Waals surface area contributed by atoms with Crippen LogP contribution in [0.1, 0.15) is 58.1 Å². The molecular weight excluding hydrogens is 244 g/mol. The molecule has 1 N–H and O–H groups in total. The van der Waals surface area contributed by atoms with E-state index in [9.17, 15) is 0 Å². The number of pyridine rings is 1. The van der Waals surface area contributed by atoms with Crippen molar-refractivity contribution in [3.8, 4) is 0 Å². The SMILES string of the molecule is CCCC1CCC(C(Cc2ccccn2)NCC)CC1. The van der Waals surface area contributed by atoms with E-state index in [4.69, 9.17) is 0 Å². The number of hydrogen-bond donors (Lipinski definition) is 1. The minimum absolute atomic E-state index is 0.609. The average Bonchev–Trinajstić information content (AvgIpc) is 2.49. The van der Waals surface area contributed by atoms with Crippen LogP contribution in [0, 0.1) is 11.8 Å². The van der Waals surface area contributed by atoms with Crippen molar-refractivity contribution < 1.29 is 0 Å². The van der Waals surface area contributed by atoms with Gasteiger partial charge in [0, 0.05) is 24.4 Å². The topological polar surface area (TPSA) is 24.9 Å². The second-order valence-electron chi connectivity index (χ2n) is 6.26. The van der Waals surface area contributed by atoms with Crippen LogP contribution in [-0.4, -0.2) is 17.6 Å². The summed E-state index contributed by atoms with van der Waals surface area (Å²) in [6.07, 6.45) is 11.4. The first-order valence-corrected chi connectivity index (χ1v) is 8.46. The molecule has 112 valence electrons. The molecule has 20 heavy (non-hydrogen) atoms. The van der Waals surface area contributed by atoms with Gasteiger partial charge in [-0.1, -0.05) is 45.6 Å². The largest absolute Gasteiger partial charge is 0.314 e. The van der Waals surface area contributed by atoms with Crippen molar-refractivity contribution in [1.82, 2.24) is 10.3 Å². The van der Waals surface area contributed by atoms with E-state index in [1.807, 2.05) is 12.3 Å². The second-order valence-corrected chi connectivity index (χ2v) is 6.26. The molecule has 1 aliphatic rings. The van der Waals surface area contributed by atoms with E-state index in [1.54, 1.807) is 0 Å². The molecule has 2 rings (SSSR count). The molecule has 1 saturated carbocycles. The summed E-state index contributed by atoms with van der Waals surface area (Å²) < 4.78 is 0. The molecule has 0 aromatic carbocycles. The highest BCUT2D eigenvalue weighted by Crippen LogP contribution is 2.33. The zero-order valence-electron chi connectivity index (χ0n) is 13.1. The second kappa shape index (κ2) is 8.41. The Morgan fingerprint density at radius 3 is 2.60 bits per heavy atom. The third-order valence-corrected chi connectivity index (χ3v) is 4.78. The summed E-state index contributed by atoms with van der Waals surface area (Å²) in [5.74, 6) is 1.83. The van der Waals surface area contributed by atoms with Gasteiger partial charge < -0.3 is 5.32 Å². The van der Waals surface area contributed by atoms with Crippen LogP contribution in [-0.2, 0) is 6.42 Å². The van der Waals surface area contributed by atoms with Gasteiger partial charge >= 0.3 is 0 Å². The molecule has 1 aliphatic carbocycles. The number of nitrogens with zero attached hydrogens (tertiary/aromatic N) is 1. The van der Waals surface area contributed by atoms with Crippen molar-refractivity contribution in [1.29, 1.82) is 0 Å². The molecule has 0 aliphatic heterocycles. The lowest BCUT2D eigenvalue weighted by Gasteiger charge is -2.34. The number of aromatic nitrogens is 1. The van der Waals surface area contributed by atoms with Crippen LogP contribution in [0.15, 0.2) is 24.4 Å². The highest BCUT2D eigenvalue weighted by atomic mass is 14.9. The molecule has 0 amide bonds. The van der Waals surface area contributed by atoms with Gasteiger partial charge in [-0.2, -0.15) is 0 Å². The van der Waals surface area contributed by atoms with E-state index in [0.29, 0.717) is 6.04 Å². The summed E-state index contributed by atoms with van der Waals surface area (Å²) in [5.41, 5.74) is 1.23. The Kier molecular flexibility index (Phi) is 6.52. The molecule has 0 spiro atoms. The van der Waals surface area contributed by atoms with Crippen molar-refractivity contribution in [2.24, 2.45) is 11.8 Å². The van der Waals surface area contributed by atoms with E-state index in [1.165, 1.54) is 44.2 Å². The Labute approximate surface area is 124 Å². The molecule has 1 fully saturated rings. The summed E-state index contributed by atoms with van der Waals surface area (Å²) in [6, 6.07) is 6.87. The predicted molar refractivity (Wildman–Crippen MR) is 85.8 cm³/mol. The summed E-state index contributed by atoms with van der Waals surface area (Å²) in [5, 5.41) is 3.71. The van der Waals surface area contributed by atoms with Crippen LogP contribution < -0.4 is 5.32 Å². The van der Waals surface area contributed by atoms with Gasteiger partial charge in [0.1, 0.15) is 0 Å². The molecule has 2 heteroatoms. The number of rotatable bonds is 7. The number of hydrogen-bond acceptors (Lipinski definition) is 2. The Morgan fingerprint density at radius 1 is 1.20 bits per heavy atom. The van der Waals surface area contributed by atoms with Gasteiger partial charge in [0.15, 0.2) is 0 Å². The highest BCUT2D eigenvalue weighted by molar-refractivity contribution is 5.06. The van der Waals surface area contributed by atoms with E-state index >= 15 is 0 Å². The van der Waals surface area contributed by atoms with Crippen molar-refractivity contribution in [2.45, 2.75) is 64.8 Å². The van der Waals surface area contributed by atoms with Crippen molar-refractivity contribution in [2.75, 3.05) is 6.54 Å². The standard InChI is InChI=1S/C18H30N2/c1-3-7-15-9-11-16(12-10-15)18(19-4-2)14-17-8-5-6-13-20-17/h5-6,8,13,15-16,18-19H,3-4,7,9-12,14H2,1-2H3. The van der Waals surface area contributed by atoms with Gasteiger partial charge in [0.25, 0.3) is 0 Å². The first-order valence-electron chi connectivity index (χ1n) is 8.46. The average molecular weight is 274 g/mol. The Bertz CT molecular complexity index is 355. The maximum Gasteiger partial charge on any atom is 0.0419 e. The van der Waals surface area contributed by atoms with Crippen LogP contribution in [0.2, 0.25) is 0 Å². The third-order valence-electron chi connectivity index (χ3n) is 4.78. The first-order chi connectivity index (χ1) is 9.83. The molecule has 1 aromatic heterocycles. The van der Waals surface area contributed by atoms with E-state index in [-0.39, 0.29) is 0 Å². The van der Waals surface area contributed by atoms with E-state index in [0.717, 1.165) is 24.8 Å². The molecule has 2 nitrogen and oxygen atoms in total. The van der Waals surface area contributed by atoms with Crippen LogP contribution in [0.25, 0.3) is 0 Å². The number of nitrogens with one attached hydrogen (secondary N) is 1. The zero-order chi connectivity index (χ0) is 14.2. The quantitative estimate of drug-likeness (QED) is 0.805. The smallest absolute Gasteiger partial charge is 0.0419 e. The van der Waals surface area contributed by atoms with Crippen LogP contribution in [0.3, 0.4) is 0 Å². The maximum absolute atomic E-state index is 4.50. The lowest BCUT2D eigenvalue weighted by molar-refractivity contribution is 0.213. The van der Waals surface area contributed by atoms with Gasteiger partial charge in [-0.3, -0.25) is 4.98 Å². The molecule has 0 radical (unpaired) electrons. The van der Waals surface area contributed by atoms with Gasteiger partial charge in [0.2, 0.25) is 0 Å². The van der Waals surface area contributed by atoms with Crippen LogP contribution in [0.4, 0.5) is 0 Å². The lowest BCUT2D eigenvalue weighted by Crippen LogP contribution is -2.40. The van der Waals surface area contributed by atoms with Crippen LogP contribution >= 0.6 is 0 Å². The Balaban J connectivity index is 1.89. The lowest BCUT2D eigenvalue weighted by atomic mass is 9.76. The van der Waals surface area contributed by atoms with Crippen molar-refractivity contribution >= 4 is 0 Å². The number of likely N-dealkylation sites (N-methyl/N-ethyl adjacent to an activating group) is 1. The highest BCUT2D eigenvalue weighted by Gasteiger charge is 2.27. The van der Waals surface area contributed by atoms with Gasteiger partial charge in [-0.05, 0) is 43.4 Å². The Hall–Kier alpha value is -0.890. The monoisotopic (exact) mass is 274 g/mol. The summed E-state index contributed by atoms with van der Waals surface area (Å²) in [7, 11) is 0. The summed E-state index contributed by atoms with van der Waals surface area (Å²) in [4.78, 5) is 4.50.